The molecule has 2 aromatic carbocycles. The molecule has 2 rings (SSSR count). The highest BCUT2D eigenvalue weighted by Crippen LogP contribution is 2.30. The van der Waals surface area contributed by atoms with Crippen LogP contribution in [0.15, 0.2) is 42.5 Å². The van der Waals surface area contributed by atoms with Gasteiger partial charge >= 0.3 is 6.61 Å². The average Bonchev–Trinajstić information content (AvgIpc) is 2.55. The van der Waals surface area contributed by atoms with E-state index in [4.69, 9.17) is 16.3 Å². The van der Waals surface area contributed by atoms with E-state index >= 15 is 0 Å². The number of carbonyl (C=O) groups is 1. The summed E-state index contributed by atoms with van der Waals surface area (Å²) in [6, 6.07) is 7.88. The lowest BCUT2D eigenvalue weighted by molar-refractivity contribution is -0.0512. The fourth-order valence-corrected chi connectivity index (χ4v) is 2.08. The Bertz CT molecular complexity index is 776. The number of benzene rings is 2. The highest BCUT2D eigenvalue weighted by atomic mass is 35.5. The summed E-state index contributed by atoms with van der Waals surface area (Å²) in [7, 11) is 1.31. The molecular weight excluding hydrogens is 345 g/mol. The van der Waals surface area contributed by atoms with E-state index in [2.05, 4.69) is 4.74 Å². The number of rotatable bonds is 6. The van der Waals surface area contributed by atoms with Crippen molar-refractivity contribution in [2.45, 2.75) is 6.61 Å². The molecule has 0 aromatic heterocycles. The van der Waals surface area contributed by atoms with Crippen LogP contribution in [0.2, 0.25) is 5.02 Å². The Kier molecular flexibility index (Phi) is 5.87. The summed E-state index contributed by atoms with van der Waals surface area (Å²) >= 11 is 5.63. The molecule has 0 amide bonds. The molecule has 0 aliphatic carbocycles. The molecule has 0 heterocycles. The van der Waals surface area contributed by atoms with E-state index in [0.717, 1.165) is 6.07 Å². The van der Waals surface area contributed by atoms with Crippen LogP contribution in [0.25, 0.3) is 6.08 Å². The number of ketones is 1. The van der Waals surface area contributed by atoms with Gasteiger partial charge in [-0.2, -0.15) is 8.78 Å². The van der Waals surface area contributed by atoms with Crippen LogP contribution in [-0.2, 0) is 0 Å². The molecule has 7 heteroatoms. The molecule has 24 heavy (non-hydrogen) atoms. The van der Waals surface area contributed by atoms with Gasteiger partial charge in [0, 0.05) is 5.56 Å². The summed E-state index contributed by atoms with van der Waals surface area (Å²) in [4.78, 5) is 12.0. The van der Waals surface area contributed by atoms with Crippen LogP contribution in [0.3, 0.4) is 0 Å². The van der Waals surface area contributed by atoms with Gasteiger partial charge in [-0.3, -0.25) is 4.79 Å². The van der Waals surface area contributed by atoms with Gasteiger partial charge in [0.05, 0.1) is 12.1 Å². The number of hydrogen-bond donors (Lipinski definition) is 0. The van der Waals surface area contributed by atoms with Gasteiger partial charge in [0.25, 0.3) is 0 Å². The predicted octanol–water partition coefficient (Wildman–Crippen LogP) is 4.99. The highest BCUT2D eigenvalue weighted by molar-refractivity contribution is 6.31. The molecule has 0 fully saturated rings. The van der Waals surface area contributed by atoms with Crippen molar-refractivity contribution in [2.24, 2.45) is 0 Å². The smallest absolute Gasteiger partial charge is 0.387 e. The minimum Gasteiger partial charge on any atom is -0.493 e. The van der Waals surface area contributed by atoms with Gasteiger partial charge in [-0.15, -0.1) is 0 Å². The first-order valence-corrected chi connectivity index (χ1v) is 7.09. The number of ether oxygens (including phenoxy) is 2. The topological polar surface area (TPSA) is 35.5 Å². The first-order chi connectivity index (χ1) is 11.4. The van der Waals surface area contributed by atoms with Crippen LogP contribution >= 0.6 is 11.6 Å². The third kappa shape index (κ3) is 4.52. The lowest BCUT2D eigenvalue weighted by Gasteiger charge is -2.10. The SMILES string of the molecule is COc1cc(/C=C/C(=O)c2ccc(F)c(Cl)c2)ccc1OC(F)F. The molecule has 0 atom stereocenters. The zero-order chi connectivity index (χ0) is 17.7. The third-order valence-corrected chi connectivity index (χ3v) is 3.32. The van der Waals surface area contributed by atoms with Gasteiger partial charge in [-0.25, -0.2) is 4.39 Å². The number of hydrogen-bond acceptors (Lipinski definition) is 3. The van der Waals surface area contributed by atoms with Gasteiger partial charge in [0.1, 0.15) is 5.82 Å². The maximum absolute atomic E-state index is 13.1. The van der Waals surface area contributed by atoms with Crippen LogP contribution in [-0.4, -0.2) is 19.5 Å². The molecule has 3 nitrogen and oxygen atoms in total. The van der Waals surface area contributed by atoms with Gasteiger partial charge < -0.3 is 9.47 Å². The molecule has 0 N–H and O–H groups in total. The number of alkyl halides is 2. The summed E-state index contributed by atoms with van der Waals surface area (Å²) in [5.74, 6) is -1.00. The van der Waals surface area contributed by atoms with E-state index in [1.807, 2.05) is 0 Å². The van der Waals surface area contributed by atoms with Crippen LogP contribution in [0.1, 0.15) is 15.9 Å². The molecule has 0 saturated heterocycles. The number of methoxy groups -OCH3 is 1. The largest absolute Gasteiger partial charge is 0.493 e. The Morgan fingerprint density at radius 3 is 2.54 bits per heavy atom. The molecule has 0 spiro atoms. The normalized spacial score (nSPS) is 11.1. The Balaban J connectivity index is 2.18. The van der Waals surface area contributed by atoms with Crippen molar-refractivity contribution in [3.63, 3.8) is 0 Å². The zero-order valence-corrected chi connectivity index (χ0v) is 13.2. The monoisotopic (exact) mass is 356 g/mol. The van der Waals surface area contributed by atoms with Gasteiger partial charge in [-0.05, 0) is 42.0 Å². The van der Waals surface area contributed by atoms with E-state index in [-0.39, 0.29) is 27.9 Å². The van der Waals surface area contributed by atoms with Crippen molar-refractivity contribution in [3.05, 3.63) is 64.4 Å². The molecule has 2 aromatic rings. The van der Waals surface area contributed by atoms with E-state index in [0.29, 0.717) is 5.56 Å². The highest BCUT2D eigenvalue weighted by Gasteiger charge is 2.11. The van der Waals surface area contributed by atoms with E-state index in [9.17, 15) is 18.0 Å². The zero-order valence-electron chi connectivity index (χ0n) is 12.4. The van der Waals surface area contributed by atoms with Crippen molar-refractivity contribution in [2.75, 3.05) is 7.11 Å². The van der Waals surface area contributed by atoms with Crippen molar-refractivity contribution in [3.8, 4) is 11.5 Å². The number of halogens is 4. The molecule has 0 aliphatic heterocycles. The second kappa shape index (κ2) is 7.88. The molecular formula is C17H12ClF3O3. The predicted molar refractivity (Wildman–Crippen MR) is 84.4 cm³/mol. The Morgan fingerprint density at radius 2 is 1.92 bits per heavy atom. The van der Waals surface area contributed by atoms with E-state index in [1.54, 1.807) is 0 Å². The van der Waals surface area contributed by atoms with Crippen molar-refractivity contribution in [1.29, 1.82) is 0 Å². The fourth-order valence-electron chi connectivity index (χ4n) is 1.90. The van der Waals surface area contributed by atoms with Gasteiger partial charge in [0.15, 0.2) is 17.3 Å². The fraction of sp³-hybridized carbons (Fsp3) is 0.118. The molecule has 0 unspecified atom stereocenters. The summed E-state index contributed by atoms with van der Waals surface area (Å²) in [6.07, 6.45) is 2.72. The summed E-state index contributed by atoms with van der Waals surface area (Å²) < 4.78 is 46.9. The second-order valence-electron chi connectivity index (χ2n) is 4.62. The first-order valence-electron chi connectivity index (χ1n) is 6.71. The van der Waals surface area contributed by atoms with Crippen LogP contribution in [0.5, 0.6) is 11.5 Å². The Hall–Kier alpha value is -2.47. The average molecular weight is 357 g/mol. The Morgan fingerprint density at radius 1 is 1.17 bits per heavy atom. The number of carbonyl (C=O) groups excluding carboxylic acids is 1. The maximum Gasteiger partial charge on any atom is 0.387 e. The minimum absolute atomic E-state index is 0.106. The van der Waals surface area contributed by atoms with E-state index in [1.165, 1.54) is 49.6 Å². The summed E-state index contributed by atoms with van der Waals surface area (Å²) in [5.41, 5.74) is 0.761. The second-order valence-corrected chi connectivity index (χ2v) is 5.02. The van der Waals surface area contributed by atoms with Crippen molar-refractivity contribution >= 4 is 23.5 Å². The quantitative estimate of drug-likeness (QED) is 0.540. The number of allylic oxidation sites excluding steroid dienone is 1. The molecule has 0 radical (unpaired) electrons. The molecule has 126 valence electrons. The molecule has 0 saturated carbocycles. The van der Waals surface area contributed by atoms with Gasteiger partial charge in [-0.1, -0.05) is 23.7 Å². The first kappa shape index (κ1) is 17.9. The Labute approximate surface area is 141 Å². The molecule has 0 bridgehead atoms. The van der Waals surface area contributed by atoms with Crippen LogP contribution in [0.4, 0.5) is 13.2 Å². The standard InChI is InChI=1S/C17H12ClF3O3/c1-23-16-8-10(3-7-15(16)24-17(20)21)2-6-14(22)11-4-5-13(19)12(18)9-11/h2-9,17H,1H3/b6-2+. The minimum atomic E-state index is -2.97. The summed E-state index contributed by atoms with van der Waals surface area (Å²) in [5, 5.41) is -0.149. The van der Waals surface area contributed by atoms with E-state index < -0.39 is 12.4 Å². The van der Waals surface area contributed by atoms with Crippen molar-refractivity contribution < 1.29 is 27.4 Å². The van der Waals surface area contributed by atoms with Crippen molar-refractivity contribution in [1.82, 2.24) is 0 Å². The lowest BCUT2D eigenvalue weighted by atomic mass is 10.1. The van der Waals surface area contributed by atoms with Gasteiger partial charge in [0.2, 0.25) is 0 Å². The molecule has 0 aliphatic rings. The van der Waals surface area contributed by atoms with Crippen LogP contribution in [0, 0.1) is 5.82 Å². The summed E-state index contributed by atoms with van der Waals surface area (Å²) in [6.45, 7) is -2.97. The third-order valence-electron chi connectivity index (χ3n) is 3.04. The van der Waals surface area contributed by atoms with Crippen LogP contribution < -0.4 is 9.47 Å². The maximum atomic E-state index is 13.1. The lowest BCUT2D eigenvalue weighted by Crippen LogP contribution is -2.03.